The Morgan fingerprint density at radius 3 is 1.43 bits per heavy atom. The third kappa shape index (κ3) is 2.91. The fourth-order valence-corrected chi connectivity index (χ4v) is 3.07. The smallest absolute Gasteiger partial charge is 0.163 e. The van der Waals surface area contributed by atoms with E-state index in [9.17, 15) is 10.2 Å². The minimum Gasteiger partial charge on any atom is -0.236 e. The molecule has 0 N–H and O–H groups in total. The summed E-state index contributed by atoms with van der Waals surface area (Å²) in [5.41, 5.74) is 0.419. The van der Waals surface area contributed by atoms with E-state index in [1.807, 2.05) is 91.0 Å². The van der Waals surface area contributed by atoms with Crippen molar-refractivity contribution in [1.29, 1.82) is 0 Å². The first-order valence-corrected chi connectivity index (χ1v) is 7.71. The molecule has 0 saturated heterocycles. The molecule has 1 unspecified atom stereocenters. The molecule has 2 heteroatoms. The summed E-state index contributed by atoms with van der Waals surface area (Å²) < 4.78 is 0. The fourth-order valence-electron chi connectivity index (χ4n) is 3.07. The molecular weight excluding hydrogens is 284 g/mol. The second kappa shape index (κ2) is 6.78. The monoisotopic (exact) mass is 302 g/mol. The van der Waals surface area contributed by atoms with Gasteiger partial charge in [-0.1, -0.05) is 91.0 Å². The Hall–Kier alpha value is -2.42. The van der Waals surface area contributed by atoms with E-state index < -0.39 is 18.1 Å². The molecule has 2 nitrogen and oxygen atoms in total. The summed E-state index contributed by atoms with van der Waals surface area (Å²) in [6, 6.07) is 27.7. The molecule has 0 aliphatic rings. The SMILES string of the molecule is [O]CC(c1ccccc1)C([O])(c1ccccc1)c1ccccc1. The molecule has 3 aromatic rings. The number of benzene rings is 3. The molecular formula is C21H18O2. The number of hydrogen-bond donors (Lipinski definition) is 0. The molecule has 0 bridgehead atoms. The van der Waals surface area contributed by atoms with Gasteiger partial charge in [0, 0.05) is 0 Å². The Bertz CT molecular complexity index is 684. The minimum absolute atomic E-state index is 0.461. The second-order valence-electron chi connectivity index (χ2n) is 5.60. The number of rotatable bonds is 5. The summed E-state index contributed by atoms with van der Waals surface area (Å²) in [6.07, 6.45) is 0. The van der Waals surface area contributed by atoms with Crippen LogP contribution in [0.1, 0.15) is 22.6 Å². The van der Waals surface area contributed by atoms with Gasteiger partial charge in [-0.3, -0.25) is 0 Å². The maximum absolute atomic E-state index is 14.0. The predicted octanol–water partition coefficient (Wildman–Crippen LogP) is 4.58. The van der Waals surface area contributed by atoms with Gasteiger partial charge in [0.25, 0.3) is 0 Å². The van der Waals surface area contributed by atoms with Gasteiger partial charge in [0.2, 0.25) is 0 Å². The highest BCUT2D eigenvalue weighted by Crippen LogP contribution is 2.42. The molecule has 0 aliphatic carbocycles. The van der Waals surface area contributed by atoms with Crippen molar-refractivity contribution >= 4 is 0 Å². The summed E-state index contributed by atoms with van der Waals surface area (Å²) in [5, 5.41) is 26.1. The quantitative estimate of drug-likeness (QED) is 0.662. The van der Waals surface area contributed by atoms with Crippen LogP contribution in [0.2, 0.25) is 0 Å². The van der Waals surface area contributed by atoms with Crippen LogP contribution in [0, 0.1) is 0 Å². The zero-order valence-electron chi connectivity index (χ0n) is 12.8. The zero-order valence-corrected chi connectivity index (χ0v) is 12.8. The van der Waals surface area contributed by atoms with Gasteiger partial charge in [0.1, 0.15) is 0 Å². The van der Waals surface area contributed by atoms with Crippen LogP contribution in [-0.2, 0) is 15.8 Å². The average molecular weight is 302 g/mol. The molecule has 3 rings (SSSR count). The van der Waals surface area contributed by atoms with Crippen LogP contribution in [0.25, 0.3) is 0 Å². The molecule has 0 aromatic heterocycles. The summed E-state index contributed by atoms with van der Waals surface area (Å²) in [5.74, 6) is -0.673. The van der Waals surface area contributed by atoms with Crippen molar-refractivity contribution in [2.45, 2.75) is 11.5 Å². The lowest BCUT2D eigenvalue weighted by molar-refractivity contribution is -0.0453. The maximum Gasteiger partial charge on any atom is 0.163 e. The molecule has 1 atom stereocenters. The van der Waals surface area contributed by atoms with E-state index in [4.69, 9.17) is 0 Å². The highest BCUT2D eigenvalue weighted by molar-refractivity contribution is 5.41. The molecule has 23 heavy (non-hydrogen) atoms. The topological polar surface area (TPSA) is 39.8 Å². The summed E-state index contributed by atoms with van der Waals surface area (Å²) in [7, 11) is 0. The van der Waals surface area contributed by atoms with Crippen molar-refractivity contribution in [3.63, 3.8) is 0 Å². The Morgan fingerprint density at radius 2 is 1.04 bits per heavy atom. The maximum atomic E-state index is 14.0. The second-order valence-corrected chi connectivity index (χ2v) is 5.60. The van der Waals surface area contributed by atoms with Crippen molar-refractivity contribution in [2.24, 2.45) is 0 Å². The minimum atomic E-state index is -1.61. The van der Waals surface area contributed by atoms with Crippen LogP contribution in [0.4, 0.5) is 0 Å². The van der Waals surface area contributed by atoms with Gasteiger partial charge in [-0.25, -0.2) is 10.2 Å². The van der Waals surface area contributed by atoms with Crippen molar-refractivity contribution < 1.29 is 10.2 Å². The summed E-state index contributed by atoms with van der Waals surface area (Å²) in [6.45, 7) is -0.461. The third-order valence-corrected chi connectivity index (χ3v) is 4.26. The first-order valence-electron chi connectivity index (χ1n) is 7.71. The normalized spacial score (nSPS) is 12.8. The van der Waals surface area contributed by atoms with Crippen molar-refractivity contribution in [1.82, 2.24) is 0 Å². The van der Waals surface area contributed by atoms with Gasteiger partial charge in [-0.15, -0.1) is 0 Å². The van der Waals surface area contributed by atoms with Gasteiger partial charge in [-0.05, 0) is 16.7 Å². The molecule has 0 heterocycles. The fraction of sp³-hybridized carbons (Fsp3) is 0.143. The first kappa shape index (κ1) is 15.5. The van der Waals surface area contributed by atoms with Crippen LogP contribution in [-0.4, -0.2) is 6.61 Å². The Morgan fingerprint density at radius 1 is 0.652 bits per heavy atom. The zero-order chi connectivity index (χ0) is 16.1. The van der Waals surface area contributed by atoms with Crippen LogP contribution in [0.3, 0.4) is 0 Å². The average Bonchev–Trinajstić information content (AvgIpc) is 2.64. The molecule has 0 saturated carbocycles. The molecule has 2 radical (unpaired) electrons. The van der Waals surface area contributed by atoms with Crippen LogP contribution in [0.5, 0.6) is 0 Å². The van der Waals surface area contributed by atoms with E-state index in [2.05, 4.69) is 0 Å². The largest absolute Gasteiger partial charge is 0.236 e. The van der Waals surface area contributed by atoms with Crippen LogP contribution in [0.15, 0.2) is 91.0 Å². The van der Waals surface area contributed by atoms with Gasteiger partial charge in [-0.2, -0.15) is 0 Å². The highest BCUT2D eigenvalue weighted by Gasteiger charge is 2.43. The lowest BCUT2D eigenvalue weighted by atomic mass is 9.73. The van der Waals surface area contributed by atoms with E-state index in [0.29, 0.717) is 11.1 Å². The lowest BCUT2D eigenvalue weighted by Gasteiger charge is -2.34. The van der Waals surface area contributed by atoms with Gasteiger partial charge in [0.05, 0.1) is 12.5 Å². The van der Waals surface area contributed by atoms with E-state index in [1.54, 1.807) is 0 Å². The van der Waals surface area contributed by atoms with Gasteiger partial charge >= 0.3 is 0 Å². The molecule has 0 fully saturated rings. The van der Waals surface area contributed by atoms with Crippen molar-refractivity contribution in [2.75, 3.05) is 6.61 Å². The number of hydrogen-bond acceptors (Lipinski definition) is 0. The summed E-state index contributed by atoms with van der Waals surface area (Å²) >= 11 is 0. The molecule has 114 valence electrons. The van der Waals surface area contributed by atoms with E-state index >= 15 is 0 Å². The Balaban J connectivity index is 2.19. The van der Waals surface area contributed by atoms with E-state index in [1.165, 1.54) is 0 Å². The van der Waals surface area contributed by atoms with Gasteiger partial charge < -0.3 is 0 Å². The van der Waals surface area contributed by atoms with Crippen molar-refractivity contribution in [3.05, 3.63) is 108 Å². The van der Waals surface area contributed by atoms with E-state index in [0.717, 1.165) is 5.56 Å². The highest BCUT2D eigenvalue weighted by atomic mass is 16.3. The van der Waals surface area contributed by atoms with Gasteiger partial charge in [0.15, 0.2) is 5.60 Å². The Kier molecular flexibility index (Phi) is 4.56. The summed E-state index contributed by atoms with van der Waals surface area (Å²) in [4.78, 5) is 0. The van der Waals surface area contributed by atoms with Crippen molar-refractivity contribution in [3.8, 4) is 0 Å². The molecule has 0 amide bonds. The lowest BCUT2D eigenvalue weighted by Crippen LogP contribution is -2.35. The molecule has 0 spiro atoms. The van der Waals surface area contributed by atoms with E-state index in [-0.39, 0.29) is 0 Å². The predicted molar refractivity (Wildman–Crippen MR) is 89.1 cm³/mol. The Labute approximate surface area is 136 Å². The standard InChI is InChI=1S/C21H18O2/c22-16-20(17-10-4-1-5-11-17)21(23,18-12-6-2-7-13-18)19-14-8-3-9-15-19/h1-15,20H,16H2. The third-order valence-electron chi connectivity index (χ3n) is 4.26. The molecule has 3 aromatic carbocycles. The van der Waals surface area contributed by atoms with Crippen LogP contribution >= 0.6 is 0 Å². The van der Waals surface area contributed by atoms with Crippen LogP contribution < -0.4 is 0 Å². The first-order chi connectivity index (χ1) is 11.3. The molecule has 0 aliphatic heterocycles.